The first-order valence-corrected chi connectivity index (χ1v) is 7.34. The highest BCUT2D eigenvalue weighted by molar-refractivity contribution is 5.66. The number of carboxylic acids is 1. The summed E-state index contributed by atoms with van der Waals surface area (Å²) in [6, 6.07) is 0.303. The van der Waals surface area contributed by atoms with Crippen LogP contribution in [0.3, 0.4) is 0 Å². The van der Waals surface area contributed by atoms with Gasteiger partial charge in [-0.05, 0) is 45.6 Å². The molecular weight excluding hydrogens is 271 g/mol. The van der Waals surface area contributed by atoms with E-state index >= 15 is 0 Å². The molecule has 1 aliphatic rings. The van der Waals surface area contributed by atoms with Gasteiger partial charge < -0.3 is 5.11 Å². The maximum atomic E-state index is 12.2. The first-order chi connectivity index (χ1) is 9.29. The minimum Gasteiger partial charge on any atom is -0.481 e. The number of piperidine rings is 1. The molecule has 0 aromatic heterocycles. The van der Waals surface area contributed by atoms with Gasteiger partial charge in [-0.3, -0.25) is 9.69 Å². The van der Waals surface area contributed by atoms with Crippen molar-refractivity contribution in [2.24, 2.45) is 0 Å². The van der Waals surface area contributed by atoms with Gasteiger partial charge in [0.15, 0.2) is 0 Å². The Morgan fingerprint density at radius 1 is 1.40 bits per heavy atom. The third kappa shape index (κ3) is 6.59. The van der Waals surface area contributed by atoms with Crippen LogP contribution in [0.25, 0.3) is 0 Å². The Morgan fingerprint density at radius 2 is 2.10 bits per heavy atom. The number of hydrogen-bond acceptors (Lipinski definition) is 2. The second kappa shape index (κ2) is 7.86. The molecular formula is C14H24F3NO2. The fourth-order valence-electron chi connectivity index (χ4n) is 2.97. The van der Waals surface area contributed by atoms with E-state index in [4.69, 9.17) is 5.11 Å². The highest BCUT2D eigenvalue weighted by atomic mass is 19.4. The highest BCUT2D eigenvalue weighted by Crippen LogP contribution is 2.27. The zero-order valence-corrected chi connectivity index (χ0v) is 12.0. The standard InChI is InChI=1S/C14H24F3NO2/c1-11(5-4-9-14(15,16)17)18-10-3-2-6-12(18)7-8-13(19)20/h11-12H,2-10H2,1H3,(H,19,20). The van der Waals surface area contributed by atoms with E-state index in [0.29, 0.717) is 12.8 Å². The van der Waals surface area contributed by atoms with Gasteiger partial charge in [-0.1, -0.05) is 6.42 Å². The topological polar surface area (TPSA) is 40.5 Å². The van der Waals surface area contributed by atoms with E-state index in [2.05, 4.69) is 4.90 Å². The van der Waals surface area contributed by atoms with E-state index < -0.39 is 18.6 Å². The molecule has 118 valence electrons. The van der Waals surface area contributed by atoms with Gasteiger partial charge in [-0.25, -0.2) is 0 Å². The molecule has 2 unspecified atom stereocenters. The van der Waals surface area contributed by atoms with Gasteiger partial charge in [-0.15, -0.1) is 0 Å². The largest absolute Gasteiger partial charge is 0.481 e. The summed E-state index contributed by atoms with van der Waals surface area (Å²) in [6.07, 6.45) is -0.333. The van der Waals surface area contributed by atoms with Gasteiger partial charge in [0, 0.05) is 24.9 Å². The summed E-state index contributed by atoms with van der Waals surface area (Å²) in [5, 5.41) is 8.76. The van der Waals surface area contributed by atoms with Crippen LogP contribution in [-0.4, -0.2) is 40.8 Å². The van der Waals surface area contributed by atoms with Crippen molar-refractivity contribution >= 4 is 5.97 Å². The summed E-state index contributed by atoms with van der Waals surface area (Å²) in [7, 11) is 0. The number of halogens is 3. The maximum absolute atomic E-state index is 12.2. The van der Waals surface area contributed by atoms with Crippen LogP contribution in [0.5, 0.6) is 0 Å². The molecule has 1 aliphatic heterocycles. The summed E-state index contributed by atoms with van der Waals surface area (Å²) in [4.78, 5) is 12.9. The highest BCUT2D eigenvalue weighted by Gasteiger charge is 2.29. The molecule has 0 aliphatic carbocycles. The van der Waals surface area contributed by atoms with E-state index in [0.717, 1.165) is 25.8 Å². The second-order valence-electron chi connectivity index (χ2n) is 5.68. The summed E-state index contributed by atoms with van der Waals surface area (Å²) in [5.41, 5.74) is 0. The number of carboxylic acid groups (broad SMARTS) is 1. The van der Waals surface area contributed by atoms with Gasteiger partial charge in [0.2, 0.25) is 0 Å². The average Bonchev–Trinajstić information content (AvgIpc) is 2.35. The monoisotopic (exact) mass is 295 g/mol. The zero-order valence-electron chi connectivity index (χ0n) is 12.0. The fraction of sp³-hybridized carbons (Fsp3) is 0.929. The molecule has 0 radical (unpaired) electrons. The lowest BCUT2D eigenvalue weighted by molar-refractivity contribution is -0.138. The quantitative estimate of drug-likeness (QED) is 0.776. The average molecular weight is 295 g/mol. The fourth-order valence-corrected chi connectivity index (χ4v) is 2.97. The van der Waals surface area contributed by atoms with Crippen molar-refractivity contribution in [3.63, 3.8) is 0 Å². The number of alkyl halides is 3. The molecule has 20 heavy (non-hydrogen) atoms. The molecule has 1 N–H and O–H groups in total. The molecule has 0 bridgehead atoms. The molecule has 1 fully saturated rings. The smallest absolute Gasteiger partial charge is 0.389 e. The van der Waals surface area contributed by atoms with Crippen molar-refractivity contribution in [2.75, 3.05) is 6.54 Å². The van der Waals surface area contributed by atoms with E-state index in [1.165, 1.54) is 0 Å². The van der Waals surface area contributed by atoms with Crippen LogP contribution in [0.1, 0.15) is 58.3 Å². The van der Waals surface area contributed by atoms with E-state index in [-0.39, 0.29) is 24.9 Å². The third-order valence-corrected chi connectivity index (χ3v) is 4.01. The molecule has 1 heterocycles. The second-order valence-corrected chi connectivity index (χ2v) is 5.68. The van der Waals surface area contributed by atoms with Gasteiger partial charge in [-0.2, -0.15) is 13.2 Å². The normalized spacial score (nSPS) is 22.7. The van der Waals surface area contributed by atoms with Gasteiger partial charge in [0.05, 0.1) is 0 Å². The van der Waals surface area contributed by atoms with Crippen LogP contribution in [0.4, 0.5) is 13.2 Å². The summed E-state index contributed by atoms with van der Waals surface area (Å²) < 4.78 is 36.5. The molecule has 0 amide bonds. The van der Waals surface area contributed by atoms with Crippen molar-refractivity contribution in [3.05, 3.63) is 0 Å². The molecule has 0 aromatic rings. The third-order valence-electron chi connectivity index (χ3n) is 4.01. The first kappa shape index (κ1) is 17.3. The van der Waals surface area contributed by atoms with Crippen LogP contribution < -0.4 is 0 Å². The van der Waals surface area contributed by atoms with Gasteiger partial charge in [0.25, 0.3) is 0 Å². The van der Waals surface area contributed by atoms with Crippen molar-refractivity contribution in [1.29, 1.82) is 0 Å². The SMILES string of the molecule is CC(CCCC(F)(F)F)N1CCCCC1CCC(=O)O. The van der Waals surface area contributed by atoms with Gasteiger partial charge in [0.1, 0.15) is 0 Å². The predicted molar refractivity (Wildman–Crippen MR) is 70.6 cm³/mol. The Morgan fingerprint density at radius 3 is 2.70 bits per heavy atom. The number of aliphatic carboxylic acids is 1. The maximum Gasteiger partial charge on any atom is 0.389 e. The van der Waals surface area contributed by atoms with E-state index in [1.54, 1.807) is 0 Å². The number of hydrogen-bond donors (Lipinski definition) is 1. The Labute approximate surface area is 118 Å². The molecule has 0 spiro atoms. The summed E-state index contributed by atoms with van der Waals surface area (Å²) in [5.74, 6) is -0.805. The predicted octanol–water partition coefficient (Wildman–Crippen LogP) is 3.83. The summed E-state index contributed by atoms with van der Waals surface area (Å²) in [6.45, 7) is 2.83. The molecule has 3 nitrogen and oxygen atoms in total. The van der Waals surface area contributed by atoms with Crippen molar-refractivity contribution in [3.8, 4) is 0 Å². The number of rotatable bonds is 7. The lowest BCUT2D eigenvalue weighted by Crippen LogP contribution is -2.45. The van der Waals surface area contributed by atoms with Crippen molar-refractivity contribution in [1.82, 2.24) is 4.90 Å². The first-order valence-electron chi connectivity index (χ1n) is 7.34. The minimum atomic E-state index is -4.08. The molecule has 0 saturated carbocycles. The molecule has 6 heteroatoms. The van der Waals surface area contributed by atoms with Gasteiger partial charge >= 0.3 is 12.1 Å². The van der Waals surface area contributed by atoms with Crippen molar-refractivity contribution in [2.45, 2.75) is 76.6 Å². The number of nitrogens with zero attached hydrogens (tertiary/aromatic N) is 1. The molecule has 2 atom stereocenters. The zero-order chi connectivity index (χ0) is 15.2. The van der Waals surface area contributed by atoms with E-state index in [9.17, 15) is 18.0 Å². The Kier molecular flexibility index (Phi) is 6.79. The van der Waals surface area contributed by atoms with Crippen LogP contribution >= 0.6 is 0 Å². The lowest BCUT2D eigenvalue weighted by Gasteiger charge is -2.40. The Hall–Kier alpha value is -0.780. The summed E-state index contributed by atoms with van der Waals surface area (Å²) >= 11 is 0. The minimum absolute atomic E-state index is 0.0939. The Balaban J connectivity index is 2.41. The Bertz CT molecular complexity index is 307. The van der Waals surface area contributed by atoms with Crippen molar-refractivity contribution < 1.29 is 23.1 Å². The lowest BCUT2D eigenvalue weighted by atomic mass is 9.95. The van der Waals surface area contributed by atoms with Crippen LogP contribution in [0.15, 0.2) is 0 Å². The molecule has 1 saturated heterocycles. The van der Waals surface area contributed by atoms with Crippen LogP contribution in [0, 0.1) is 0 Å². The van der Waals surface area contributed by atoms with Crippen LogP contribution in [0.2, 0.25) is 0 Å². The number of carbonyl (C=O) groups is 1. The number of likely N-dealkylation sites (tertiary alicyclic amines) is 1. The molecule has 0 aromatic carbocycles. The van der Waals surface area contributed by atoms with Crippen LogP contribution in [-0.2, 0) is 4.79 Å². The van der Waals surface area contributed by atoms with E-state index in [1.807, 2.05) is 6.92 Å². The molecule has 1 rings (SSSR count).